The molecule has 1 fully saturated rings. The molecule has 1 heterocycles. The molecular formula is C14H19BrN2O2. The molecule has 1 aromatic carbocycles. The zero-order chi connectivity index (χ0) is 13.7. The van der Waals surface area contributed by atoms with Crippen molar-refractivity contribution < 1.29 is 9.53 Å². The van der Waals surface area contributed by atoms with Crippen molar-refractivity contribution in [2.45, 2.75) is 18.9 Å². The van der Waals surface area contributed by atoms with Gasteiger partial charge in [-0.25, -0.2) is 0 Å². The van der Waals surface area contributed by atoms with Crippen LogP contribution in [0.3, 0.4) is 0 Å². The Labute approximate surface area is 122 Å². The lowest BCUT2D eigenvalue weighted by molar-refractivity contribution is -0.141. The molecule has 0 aliphatic carbocycles. The van der Waals surface area contributed by atoms with Crippen LogP contribution in [-0.4, -0.2) is 38.8 Å². The summed E-state index contributed by atoms with van der Waals surface area (Å²) in [6, 6.07) is 8.33. The molecular weight excluding hydrogens is 308 g/mol. The Morgan fingerprint density at radius 1 is 1.53 bits per heavy atom. The second-order valence-electron chi connectivity index (χ2n) is 4.68. The molecule has 1 aliphatic rings. The van der Waals surface area contributed by atoms with Gasteiger partial charge in [-0.2, -0.15) is 0 Å². The van der Waals surface area contributed by atoms with Crippen molar-refractivity contribution in [3.05, 3.63) is 28.7 Å². The van der Waals surface area contributed by atoms with Gasteiger partial charge >= 0.3 is 5.97 Å². The topological polar surface area (TPSA) is 41.6 Å². The van der Waals surface area contributed by atoms with E-state index < -0.39 is 0 Å². The number of hydrogen-bond donors (Lipinski definition) is 1. The Balaban J connectivity index is 2.08. The summed E-state index contributed by atoms with van der Waals surface area (Å²) in [6.45, 7) is 2.74. The number of rotatable bonds is 3. The Morgan fingerprint density at radius 2 is 2.32 bits per heavy atom. The van der Waals surface area contributed by atoms with Gasteiger partial charge in [0.15, 0.2) is 0 Å². The number of halogens is 1. The van der Waals surface area contributed by atoms with Crippen LogP contribution >= 0.6 is 15.9 Å². The number of ether oxygens (including phenoxy) is 1. The molecule has 0 spiro atoms. The lowest BCUT2D eigenvalue weighted by atomic mass is 10.2. The fourth-order valence-corrected chi connectivity index (χ4v) is 2.88. The second-order valence-corrected chi connectivity index (χ2v) is 5.54. The Bertz CT molecular complexity index is 439. The van der Waals surface area contributed by atoms with Crippen molar-refractivity contribution in [3.8, 4) is 0 Å². The molecule has 1 saturated heterocycles. The van der Waals surface area contributed by atoms with Crippen molar-refractivity contribution >= 4 is 27.6 Å². The molecule has 4 nitrogen and oxygen atoms in total. The molecule has 19 heavy (non-hydrogen) atoms. The first-order valence-corrected chi connectivity index (χ1v) is 7.29. The number of methoxy groups -OCH3 is 1. The van der Waals surface area contributed by atoms with E-state index in [2.05, 4.69) is 32.2 Å². The third-order valence-corrected chi connectivity index (χ3v) is 3.98. The highest BCUT2D eigenvalue weighted by atomic mass is 79.9. The van der Waals surface area contributed by atoms with Gasteiger partial charge in [-0.05, 0) is 41.0 Å². The van der Waals surface area contributed by atoms with Crippen molar-refractivity contribution in [2.75, 3.05) is 31.6 Å². The third kappa shape index (κ3) is 3.94. The highest BCUT2D eigenvalue weighted by Crippen LogP contribution is 2.26. The fourth-order valence-electron chi connectivity index (χ4n) is 2.35. The van der Waals surface area contributed by atoms with Crippen LogP contribution in [0.4, 0.5) is 5.69 Å². The van der Waals surface area contributed by atoms with Gasteiger partial charge in [0.05, 0.1) is 19.2 Å². The molecule has 0 radical (unpaired) electrons. The smallest absolute Gasteiger partial charge is 0.307 e. The first-order valence-electron chi connectivity index (χ1n) is 6.50. The summed E-state index contributed by atoms with van der Waals surface area (Å²) >= 11 is 3.59. The normalized spacial score (nSPS) is 19.9. The second kappa shape index (κ2) is 6.91. The fraction of sp³-hybridized carbons (Fsp3) is 0.500. The average Bonchev–Trinajstić information content (AvgIpc) is 2.64. The van der Waals surface area contributed by atoms with Gasteiger partial charge < -0.3 is 15.0 Å². The van der Waals surface area contributed by atoms with Gasteiger partial charge in [-0.15, -0.1) is 0 Å². The van der Waals surface area contributed by atoms with E-state index >= 15 is 0 Å². The lowest BCUT2D eigenvalue weighted by Crippen LogP contribution is -2.39. The predicted octanol–water partition coefficient (Wildman–Crippen LogP) is 2.18. The van der Waals surface area contributed by atoms with E-state index in [0.29, 0.717) is 6.42 Å². The van der Waals surface area contributed by atoms with Crippen molar-refractivity contribution in [3.63, 3.8) is 0 Å². The summed E-state index contributed by atoms with van der Waals surface area (Å²) in [4.78, 5) is 13.7. The minimum atomic E-state index is -0.161. The number of carbonyl (C=O) groups is 1. The van der Waals surface area contributed by atoms with Crippen LogP contribution in [0.25, 0.3) is 0 Å². The van der Waals surface area contributed by atoms with Crippen molar-refractivity contribution in [1.29, 1.82) is 0 Å². The summed E-state index contributed by atoms with van der Waals surface area (Å²) in [5.41, 5.74) is 1.18. The zero-order valence-electron chi connectivity index (χ0n) is 11.1. The third-order valence-electron chi connectivity index (χ3n) is 3.31. The molecule has 1 N–H and O–H groups in total. The minimum Gasteiger partial charge on any atom is -0.469 e. The van der Waals surface area contributed by atoms with Crippen LogP contribution in [-0.2, 0) is 9.53 Å². The summed E-state index contributed by atoms with van der Waals surface area (Å²) in [7, 11) is 1.44. The molecule has 0 aromatic heterocycles. The van der Waals surface area contributed by atoms with Gasteiger partial charge in [0.2, 0.25) is 0 Å². The van der Waals surface area contributed by atoms with Crippen LogP contribution < -0.4 is 10.2 Å². The molecule has 1 aromatic rings. The number of para-hydroxylation sites is 1. The molecule has 0 bridgehead atoms. The molecule has 0 saturated carbocycles. The van der Waals surface area contributed by atoms with E-state index in [9.17, 15) is 4.79 Å². The Hall–Kier alpha value is -1.07. The van der Waals surface area contributed by atoms with E-state index in [0.717, 1.165) is 30.5 Å². The van der Waals surface area contributed by atoms with Gasteiger partial charge in [-0.1, -0.05) is 12.1 Å². The highest BCUT2D eigenvalue weighted by molar-refractivity contribution is 9.10. The molecule has 1 aliphatic heterocycles. The maximum absolute atomic E-state index is 11.4. The van der Waals surface area contributed by atoms with E-state index in [4.69, 9.17) is 4.74 Å². The molecule has 0 amide bonds. The van der Waals surface area contributed by atoms with Gasteiger partial charge in [0.25, 0.3) is 0 Å². The molecule has 2 rings (SSSR count). The zero-order valence-corrected chi connectivity index (χ0v) is 12.6. The van der Waals surface area contributed by atoms with E-state index in [-0.39, 0.29) is 12.0 Å². The van der Waals surface area contributed by atoms with Crippen molar-refractivity contribution in [2.24, 2.45) is 0 Å². The summed E-state index contributed by atoms with van der Waals surface area (Å²) in [5, 5.41) is 3.41. The molecule has 1 atom stereocenters. The first-order chi connectivity index (χ1) is 9.20. The monoisotopic (exact) mass is 326 g/mol. The SMILES string of the molecule is COC(=O)CC1CN(c2ccccc2Br)CCCN1. The number of nitrogens with one attached hydrogen (secondary N) is 1. The van der Waals surface area contributed by atoms with E-state index in [1.54, 1.807) is 0 Å². The lowest BCUT2D eigenvalue weighted by Gasteiger charge is -2.27. The molecule has 5 heteroatoms. The largest absolute Gasteiger partial charge is 0.469 e. The van der Waals surface area contributed by atoms with Crippen LogP contribution in [0.1, 0.15) is 12.8 Å². The van der Waals surface area contributed by atoms with E-state index in [1.807, 2.05) is 18.2 Å². The molecule has 1 unspecified atom stereocenters. The van der Waals surface area contributed by atoms with E-state index in [1.165, 1.54) is 12.8 Å². The predicted molar refractivity (Wildman–Crippen MR) is 79.4 cm³/mol. The highest BCUT2D eigenvalue weighted by Gasteiger charge is 2.21. The standard InChI is InChI=1S/C14H19BrN2O2/c1-19-14(18)9-11-10-17(8-4-7-16-11)13-6-3-2-5-12(13)15/h2-3,5-6,11,16H,4,7-10H2,1H3. The summed E-state index contributed by atoms with van der Waals surface area (Å²) in [6.07, 6.45) is 1.48. The maximum atomic E-state index is 11.4. The van der Waals surface area contributed by atoms with Crippen LogP contribution in [0.15, 0.2) is 28.7 Å². The number of nitrogens with zero attached hydrogens (tertiary/aromatic N) is 1. The van der Waals surface area contributed by atoms with Gasteiger partial charge in [-0.3, -0.25) is 4.79 Å². The average molecular weight is 327 g/mol. The number of hydrogen-bond acceptors (Lipinski definition) is 4. The van der Waals surface area contributed by atoms with Crippen LogP contribution in [0.2, 0.25) is 0 Å². The van der Waals surface area contributed by atoms with Crippen LogP contribution in [0, 0.1) is 0 Å². The Morgan fingerprint density at radius 3 is 3.05 bits per heavy atom. The number of esters is 1. The van der Waals surface area contributed by atoms with Crippen LogP contribution in [0.5, 0.6) is 0 Å². The number of carbonyl (C=O) groups excluding carboxylic acids is 1. The quantitative estimate of drug-likeness (QED) is 0.864. The Kier molecular flexibility index (Phi) is 5.22. The minimum absolute atomic E-state index is 0.141. The number of anilines is 1. The van der Waals surface area contributed by atoms with Gasteiger partial charge in [0.1, 0.15) is 0 Å². The molecule has 104 valence electrons. The van der Waals surface area contributed by atoms with Crippen molar-refractivity contribution in [1.82, 2.24) is 5.32 Å². The summed E-state index contributed by atoms with van der Waals surface area (Å²) in [5.74, 6) is -0.161. The van der Waals surface area contributed by atoms with Gasteiger partial charge in [0, 0.05) is 23.6 Å². The number of benzene rings is 1. The summed E-state index contributed by atoms with van der Waals surface area (Å²) < 4.78 is 5.84. The first kappa shape index (κ1) is 14.3. The maximum Gasteiger partial charge on any atom is 0.307 e.